The second-order valence-electron chi connectivity index (χ2n) is 23.9. The highest BCUT2D eigenvalue weighted by Gasteiger charge is 2.53. The quantitative estimate of drug-likeness (QED) is 0.0201. The van der Waals surface area contributed by atoms with Crippen LogP contribution in [0.25, 0.3) is 0 Å². The Bertz CT molecular complexity index is 1930. The molecule has 0 bridgehead atoms. The molecule has 0 aromatic rings. The van der Waals surface area contributed by atoms with Gasteiger partial charge in [0.15, 0.2) is 18.9 Å². The van der Waals surface area contributed by atoms with Crippen LogP contribution in [-0.4, -0.2) is 193 Å². The average molecular weight is 1250 g/mol. The van der Waals surface area contributed by atoms with Crippen LogP contribution in [0.4, 0.5) is 0 Å². The summed E-state index contributed by atoms with van der Waals surface area (Å²) < 4.78 is 34.3. The predicted octanol–water partition coefficient (Wildman–Crippen LogP) is 8.32. The molecule has 3 saturated heterocycles. The van der Waals surface area contributed by atoms with Gasteiger partial charge in [-0.05, 0) is 70.6 Å². The van der Waals surface area contributed by atoms with Crippen LogP contribution in [0.15, 0.2) is 85.1 Å². The number of carbonyl (C=O) groups is 1. The fraction of sp³-hybridized carbons (Fsp3) is 0.783. The summed E-state index contributed by atoms with van der Waals surface area (Å²) in [6.07, 6.45) is 36.8. The first kappa shape index (κ1) is 79.2. The average Bonchev–Trinajstić information content (AvgIpc) is 1.83. The van der Waals surface area contributed by atoms with Crippen LogP contribution in [0.2, 0.25) is 0 Å². The van der Waals surface area contributed by atoms with Crippen molar-refractivity contribution in [3.63, 3.8) is 0 Å². The second kappa shape index (κ2) is 50.5. The van der Waals surface area contributed by atoms with Gasteiger partial charge in [-0.2, -0.15) is 0 Å². The van der Waals surface area contributed by atoms with Crippen molar-refractivity contribution in [2.75, 3.05) is 26.4 Å². The van der Waals surface area contributed by atoms with Crippen molar-refractivity contribution < 1.29 is 89.4 Å². The minimum atomic E-state index is -1.97. The Morgan fingerprint density at radius 1 is 0.420 bits per heavy atom. The van der Waals surface area contributed by atoms with Gasteiger partial charge in [0.05, 0.1) is 38.6 Å². The molecule has 3 rings (SSSR count). The third kappa shape index (κ3) is 32.5. The number of hydrogen-bond donors (Lipinski definition) is 12. The van der Waals surface area contributed by atoms with Gasteiger partial charge in [0.1, 0.15) is 73.2 Å². The van der Waals surface area contributed by atoms with Crippen LogP contribution >= 0.6 is 0 Å². The van der Waals surface area contributed by atoms with Crippen molar-refractivity contribution in [3.05, 3.63) is 85.1 Å². The molecule has 0 aromatic heterocycles. The van der Waals surface area contributed by atoms with Crippen molar-refractivity contribution in [3.8, 4) is 0 Å². The summed E-state index contributed by atoms with van der Waals surface area (Å²) in [6, 6.07) is -0.892. The summed E-state index contributed by atoms with van der Waals surface area (Å²) in [5.41, 5.74) is 0. The van der Waals surface area contributed by atoms with Gasteiger partial charge in [-0.25, -0.2) is 0 Å². The number of nitrogens with one attached hydrogen (secondary N) is 1. The lowest BCUT2D eigenvalue weighted by Crippen LogP contribution is -2.66. The van der Waals surface area contributed by atoms with Gasteiger partial charge in [0.25, 0.3) is 0 Å². The molecule has 1 amide bonds. The number of unbranched alkanes of at least 4 members (excludes halogenated alkanes) is 20. The summed E-state index contributed by atoms with van der Waals surface area (Å²) in [5, 5.41) is 120. The van der Waals surface area contributed by atoms with Crippen LogP contribution in [0.1, 0.15) is 213 Å². The number of ether oxygens (including phenoxy) is 6. The standard InChI is InChI=1S/C69H119NO18/c1-3-5-7-9-11-13-15-16-17-18-19-20-21-22-23-24-25-26-27-28-29-30-31-32-33-34-35-36-37-39-41-43-45-47-57(75)70-52(53(74)46-44-42-40-38-14-12-10-8-6-4-2)51-83-67-63(81)60(78)65(55(49-72)85-67)88-69-64(82)61(79)66(56(50-73)86-69)87-68-62(80)59(77)58(76)54(48-71)84-68/h5,7,11,13,16-17,19-20,22-23,25-26,28-29,52-56,58-69,71-74,76-82H,3-4,6,8-10,12,14-15,18,21,24,27,30-51H2,1-2H3,(H,70,75)/b7-5-,13-11-,17-16-,20-19-,23-22-,26-25-,29-28-. The lowest BCUT2D eigenvalue weighted by molar-refractivity contribution is -0.379. The monoisotopic (exact) mass is 1250 g/mol. The third-order valence-electron chi connectivity index (χ3n) is 16.5. The zero-order valence-corrected chi connectivity index (χ0v) is 53.4. The Labute approximate surface area is 527 Å². The topological polar surface area (TPSA) is 307 Å². The van der Waals surface area contributed by atoms with Crippen molar-refractivity contribution in [1.82, 2.24) is 5.32 Å². The zero-order chi connectivity index (χ0) is 64.0. The molecule has 17 atom stereocenters. The van der Waals surface area contributed by atoms with E-state index in [4.69, 9.17) is 28.4 Å². The minimum Gasteiger partial charge on any atom is -0.394 e. The fourth-order valence-corrected chi connectivity index (χ4v) is 11.0. The Hall–Kier alpha value is -3.03. The molecule has 88 heavy (non-hydrogen) atoms. The van der Waals surface area contributed by atoms with Crippen LogP contribution in [0.3, 0.4) is 0 Å². The van der Waals surface area contributed by atoms with E-state index in [-0.39, 0.29) is 18.9 Å². The van der Waals surface area contributed by atoms with Gasteiger partial charge >= 0.3 is 0 Å². The first-order chi connectivity index (χ1) is 42.8. The largest absolute Gasteiger partial charge is 0.394 e. The smallest absolute Gasteiger partial charge is 0.220 e. The van der Waals surface area contributed by atoms with Gasteiger partial charge in [0.2, 0.25) is 5.91 Å². The van der Waals surface area contributed by atoms with E-state index < -0.39 is 124 Å². The van der Waals surface area contributed by atoms with Crippen molar-refractivity contribution in [2.45, 2.75) is 317 Å². The van der Waals surface area contributed by atoms with E-state index in [1.54, 1.807) is 0 Å². The molecule has 0 spiro atoms. The Kier molecular flexibility index (Phi) is 45.5. The molecule has 3 aliphatic heterocycles. The first-order valence-electron chi connectivity index (χ1n) is 33.8. The maximum Gasteiger partial charge on any atom is 0.220 e. The fourth-order valence-electron chi connectivity index (χ4n) is 11.0. The van der Waals surface area contributed by atoms with E-state index in [1.807, 2.05) is 0 Å². The Morgan fingerprint density at radius 3 is 1.23 bits per heavy atom. The van der Waals surface area contributed by atoms with Gasteiger partial charge < -0.3 is 89.9 Å². The number of allylic oxidation sites excluding steroid dienone is 14. The van der Waals surface area contributed by atoms with E-state index in [1.165, 1.54) is 83.5 Å². The van der Waals surface area contributed by atoms with E-state index >= 15 is 0 Å². The van der Waals surface area contributed by atoms with Gasteiger partial charge in [-0.1, -0.05) is 221 Å². The molecule has 3 heterocycles. The van der Waals surface area contributed by atoms with Crippen LogP contribution < -0.4 is 5.32 Å². The number of amides is 1. The summed E-state index contributed by atoms with van der Waals surface area (Å²) >= 11 is 0. The molecule has 0 saturated carbocycles. The van der Waals surface area contributed by atoms with Crippen molar-refractivity contribution in [2.24, 2.45) is 0 Å². The zero-order valence-electron chi connectivity index (χ0n) is 53.4. The maximum atomic E-state index is 13.4. The summed E-state index contributed by atoms with van der Waals surface area (Å²) in [6.45, 7) is 1.64. The molecule has 0 aromatic carbocycles. The molecule has 19 heteroatoms. The lowest BCUT2D eigenvalue weighted by Gasteiger charge is -2.48. The van der Waals surface area contributed by atoms with Crippen LogP contribution in [0.5, 0.6) is 0 Å². The van der Waals surface area contributed by atoms with E-state index in [0.717, 1.165) is 96.3 Å². The Balaban J connectivity index is 1.35. The molecule has 0 aliphatic carbocycles. The second-order valence-corrected chi connectivity index (χ2v) is 23.9. The van der Waals surface area contributed by atoms with Gasteiger partial charge in [0, 0.05) is 6.42 Å². The lowest BCUT2D eigenvalue weighted by atomic mass is 9.96. The molecule has 19 nitrogen and oxygen atoms in total. The summed E-state index contributed by atoms with van der Waals surface area (Å²) in [5.74, 6) is -0.252. The number of rotatable bonds is 50. The highest BCUT2D eigenvalue weighted by atomic mass is 16.8. The van der Waals surface area contributed by atoms with E-state index in [2.05, 4.69) is 104 Å². The van der Waals surface area contributed by atoms with Gasteiger partial charge in [-0.15, -0.1) is 0 Å². The van der Waals surface area contributed by atoms with Crippen LogP contribution in [0, 0.1) is 0 Å². The van der Waals surface area contributed by atoms with Gasteiger partial charge in [-0.3, -0.25) is 4.79 Å². The molecule has 3 aliphatic rings. The van der Waals surface area contributed by atoms with E-state index in [0.29, 0.717) is 12.8 Å². The predicted molar refractivity (Wildman–Crippen MR) is 341 cm³/mol. The molecule has 3 fully saturated rings. The molecule has 17 unspecified atom stereocenters. The SMILES string of the molecule is CC/C=C\C/C=C\C/C=C\C/C=C\C/C=C\C/C=C\C/C=C\CCCCCCCCCCCCCC(=O)NC(COC1OC(CO)C(OC2OC(CO)C(OC3OC(CO)C(O)C(O)C3O)C(O)C2O)C(O)C1O)C(O)CCCCCCCCCCCC. The highest BCUT2D eigenvalue weighted by molar-refractivity contribution is 5.76. The van der Waals surface area contributed by atoms with Crippen molar-refractivity contribution in [1.29, 1.82) is 0 Å². The summed E-state index contributed by atoms with van der Waals surface area (Å²) in [4.78, 5) is 13.4. The number of aliphatic hydroxyl groups is 11. The molecular weight excluding hydrogens is 1130 g/mol. The number of hydrogen-bond acceptors (Lipinski definition) is 18. The van der Waals surface area contributed by atoms with E-state index in [9.17, 15) is 61.0 Å². The molecule has 0 radical (unpaired) electrons. The normalized spacial score (nSPS) is 28.9. The molecule has 508 valence electrons. The van der Waals surface area contributed by atoms with Crippen molar-refractivity contribution >= 4 is 5.91 Å². The number of aliphatic hydroxyl groups excluding tert-OH is 11. The Morgan fingerprint density at radius 2 is 0.784 bits per heavy atom. The van der Waals surface area contributed by atoms with Crippen LogP contribution in [-0.2, 0) is 33.2 Å². The molecule has 12 N–H and O–H groups in total. The number of carbonyl (C=O) groups excluding carboxylic acids is 1. The highest BCUT2D eigenvalue weighted by Crippen LogP contribution is 2.33. The first-order valence-corrected chi connectivity index (χ1v) is 33.8. The third-order valence-corrected chi connectivity index (χ3v) is 16.5. The maximum absolute atomic E-state index is 13.4. The summed E-state index contributed by atoms with van der Waals surface area (Å²) in [7, 11) is 0. The molecular formula is C69H119NO18. The minimum absolute atomic E-state index is 0.252.